The van der Waals surface area contributed by atoms with Crippen LogP contribution in [0.1, 0.15) is 34.1 Å². The van der Waals surface area contributed by atoms with E-state index in [1.807, 2.05) is 17.5 Å². The van der Waals surface area contributed by atoms with E-state index in [1.165, 1.54) is 18.0 Å². The van der Waals surface area contributed by atoms with Crippen molar-refractivity contribution in [3.63, 3.8) is 0 Å². The van der Waals surface area contributed by atoms with E-state index in [-0.39, 0.29) is 22.9 Å². The van der Waals surface area contributed by atoms with E-state index in [9.17, 15) is 9.59 Å². The second kappa shape index (κ2) is 9.66. The fourth-order valence-electron chi connectivity index (χ4n) is 4.44. The van der Waals surface area contributed by atoms with Crippen LogP contribution < -0.4 is 5.56 Å². The van der Waals surface area contributed by atoms with E-state index in [0.717, 1.165) is 34.9 Å². The minimum Gasteiger partial charge on any atom is -0.354 e. The first-order chi connectivity index (χ1) is 17.5. The highest BCUT2D eigenvalue weighted by Gasteiger charge is 2.29. The van der Waals surface area contributed by atoms with Crippen molar-refractivity contribution < 1.29 is 9.32 Å². The zero-order chi connectivity index (χ0) is 24.8. The predicted octanol–water partition coefficient (Wildman–Crippen LogP) is 5.45. The lowest BCUT2D eigenvalue weighted by Crippen LogP contribution is -2.41. The van der Waals surface area contributed by atoms with Crippen molar-refractivity contribution in [1.29, 1.82) is 0 Å². The summed E-state index contributed by atoms with van der Waals surface area (Å²) in [6.45, 7) is 1.73. The summed E-state index contributed by atoms with van der Waals surface area (Å²) < 4.78 is 7.14. The number of amides is 1. The van der Waals surface area contributed by atoms with E-state index in [4.69, 9.17) is 32.7 Å². The van der Waals surface area contributed by atoms with Crippen LogP contribution in [0, 0.1) is 0 Å². The molecule has 12 heteroatoms. The molecule has 2 aliphatic rings. The third-order valence-electron chi connectivity index (χ3n) is 6.42. The number of thioether (sulfide) groups is 1. The Labute approximate surface area is 224 Å². The Hall–Kier alpha value is -2.66. The van der Waals surface area contributed by atoms with Gasteiger partial charge in [0.25, 0.3) is 11.5 Å². The number of aromatic nitrogens is 4. The Morgan fingerprint density at radius 3 is 2.72 bits per heavy atom. The molecule has 0 unspecified atom stereocenters. The molecular formula is C24H19Cl2N5O3S2. The largest absolute Gasteiger partial charge is 0.354 e. The number of benzene rings is 1. The Morgan fingerprint density at radius 1 is 1.08 bits per heavy atom. The quantitative estimate of drug-likeness (QED) is 0.306. The second-order valence-electron chi connectivity index (χ2n) is 8.60. The van der Waals surface area contributed by atoms with E-state index in [1.54, 1.807) is 32.9 Å². The molecule has 8 nitrogen and oxygen atoms in total. The van der Waals surface area contributed by atoms with Crippen molar-refractivity contribution in [1.82, 2.24) is 24.6 Å². The van der Waals surface area contributed by atoms with Gasteiger partial charge in [-0.2, -0.15) is 0 Å². The Balaban J connectivity index is 1.12. The third-order valence-corrected chi connectivity index (χ3v) is 9.14. The molecule has 0 radical (unpaired) electrons. The summed E-state index contributed by atoms with van der Waals surface area (Å²) in [6.07, 6.45) is 2.98. The minimum atomic E-state index is -0.242. The van der Waals surface area contributed by atoms with Crippen LogP contribution in [0.5, 0.6) is 0 Å². The van der Waals surface area contributed by atoms with Gasteiger partial charge in [-0.05, 0) is 25.0 Å². The average molecular weight is 560 g/mol. The monoisotopic (exact) mass is 559 g/mol. The number of likely N-dealkylation sites (tertiary alicyclic amines) is 1. The molecule has 3 aromatic heterocycles. The number of halogens is 2. The summed E-state index contributed by atoms with van der Waals surface area (Å²) in [5.41, 5.74) is 2.10. The van der Waals surface area contributed by atoms with Gasteiger partial charge in [0.05, 0.1) is 15.1 Å². The lowest BCUT2D eigenvalue weighted by atomic mass is 9.97. The topological polar surface area (TPSA) is 94.1 Å². The van der Waals surface area contributed by atoms with Crippen molar-refractivity contribution in [2.45, 2.75) is 30.5 Å². The zero-order valence-electron chi connectivity index (χ0n) is 18.8. The van der Waals surface area contributed by atoms with E-state index < -0.39 is 0 Å². The van der Waals surface area contributed by atoms with Gasteiger partial charge in [0.2, 0.25) is 0 Å². The van der Waals surface area contributed by atoms with Gasteiger partial charge in [0, 0.05) is 54.5 Å². The fourth-order valence-corrected chi connectivity index (χ4v) is 6.63. The molecule has 0 saturated carbocycles. The van der Waals surface area contributed by atoms with Gasteiger partial charge in [0.1, 0.15) is 17.0 Å². The summed E-state index contributed by atoms with van der Waals surface area (Å²) in [4.78, 5) is 36.6. The Kier molecular flexibility index (Phi) is 6.37. The van der Waals surface area contributed by atoms with Crippen molar-refractivity contribution in [2.24, 2.45) is 0 Å². The maximum atomic E-state index is 13.0. The molecule has 1 fully saturated rings. The van der Waals surface area contributed by atoms with E-state index >= 15 is 0 Å². The van der Waals surface area contributed by atoms with Crippen molar-refractivity contribution in [3.8, 4) is 22.7 Å². The summed E-state index contributed by atoms with van der Waals surface area (Å²) in [7, 11) is 0. The highest BCUT2D eigenvalue weighted by Crippen LogP contribution is 2.35. The molecule has 2 aliphatic heterocycles. The number of carbonyl (C=O) groups is 1. The van der Waals surface area contributed by atoms with Crippen LogP contribution >= 0.6 is 46.3 Å². The maximum Gasteiger partial charge on any atom is 0.267 e. The van der Waals surface area contributed by atoms with Crippen LogP contribution in [-0.2, 0) is 6.54 Å². The number of thiazole rings is 1. The summed E-state index contributed by atoms with van der Waals surface area (Å²) >= 11 is 15.2. The fraction of sp³-hybridized carbons (Fsp3) is 0.292. The molecule has 1 saturated heterocycles. The van der Waals surface area contributed by atoms with Gasteiger partial charge in [-0.3, -0.25) is 14.2 Å². The second-order valence-corrected chi connectivity index (χ2v) is 11.4. The first-order valence-corrected chi connectivity index (χ1v) is 14.0. The summed E-state index contributed by atoms with van der Waals surface area (Å²) in [5, 5.41) is 8.74. The molecule has 184 valence electrons. The molecule has 0 aliphatic carbocycles. The van der Waals surface area contributed by atoms with Gasteiger partial charge in [-0.1, -0.05) is 46.2 Å². The molecule has 0 atom stereocenters. The van der Waals surface area contributed by atoms with Crippen molar-refractivity contribution >= 4 is 52.2 Å². The Morgan fingerprint density at radius 2 is 1.92 bits per heavy atom. The first kappa shape index (κ1) is 23.7. The van der Waals surface area contributed by atoms with Crippen LogP contribution in [0.2, 0.25) is 10.0 Å². The number of fused-ring (bicyclic) bond motifs is 1. The number of nitrogens with zero attached hydrogens (tertiary/aromatic N) is 5. The lowest BCUT2D eigenvalue weighted by Gasteiger charge is -2.31. The molecule has 1 amide bonds. The van der Waals surface area contributed by atoms with Crippen LogP contribution in [0.3, 0.4) is 0 Å². The predicted molar refractivity (Wildman–Crippen MR) is 140 cm³/mol. The van der Waals surface area contributed by atoms with Crippen LogP contribution in [0.25, 0.3) is 22.7 Å². The van der Waals surface area contributed by atoms with E-state index in [0.29, 0.717) is 46.3 Å². The molecule has 0 N–H and O–H groups in total. The number of piperidine rings is 1. The number of carbonyl (C=O) groups excluding carboxylic acids is 1. The van der Waals surface area contributed by atoms with Crippen molar-refractivity contribution in [3.05, 3.63) is 66.8 Å². The SMILES string of the molecule is O=C(c1cnc2n(c1=O)CCS2)N1CCC(c2nc(-c3cc(-c4ccc(Cl)c(Cl)c4)no3)cs2)CC1. The number of hydrogen-bond acceptors (Lipinski definition) is 8. The molecule has 0 bridgehead atoms. The molecule has 6 rings (SSSR count). The smallest absolute Gasteiger partial charge is 0.267 e. The van der Waals surface area contributed by atoms with Gasteiger partial charge in [-0.25, -0.2) is 9.97 Å². The highest BCUT2D eigenvalue weighted by molar-refractivity contribution is 7.99. The first-order valence-electron chi connectivity index (χ1n) is 11.4. The molecule has 36 heavy (non-hydrogen) atoms. The molecule has 1 aromatic carbocycles. The third kappa shape index (κ3) is 4.36. The standard InChI is InChI=1S/C24H19Cl2N5O3S2/c25-16-2-1-14(9-17(16)26)18-10-20(34-29-18)19-12-36-21(28-19)13-3-5-30(6-4-13)22(32)15-11-27-24-31(23(15)33)7-8-35-24/h1-2,9-13H,3-8H2. The average Bonchev–Trinajstić information content (AvgIpc) is 3.66. The Bertz CT molecular complexity index is 1520. The van der Waals surface area contributed by atoms with Crippen LogP contribution in [0.4, 0.5) is 0 Å². The minimum absolute atomic E-state index is 0.152. The summed E-state index contributed by atoms with van der Waals surface area (Å²) in [6, 6.07) is 7.15. The van der Waals surface area contributed by atoms with Crippen LogP contribution in [0.15, 0.2) is 50.3 Å². The van der Waals surface area contributed by atoms with E-state index in [2.05, 4.69) is 10.1 Å². The molecular weight excluding hydrogens is 541 g/mol. The lowest BCUT2D eigenvalue weighted by molar-refractivity contribution is 0.0709. The summed E-state index contributed by atoms with van der Waals surface area (Å²) in [5.74, 6) is 1.38. The maximum absolute atomic E-state index is 13.0. The van der Waals surface area contributed by atoms with Gasteiger partial charge in [-0.15, -0.1) is 11.3 Å². The van der Waals surface area contributed by atoms with Crippen LogP contribution in [-0.4, -0.2) is 49.3 Å². The normalized spacial score (nSPS) is 15.9. The molecule has 0 spiro atoms. The van der Waals surface area contributed by atoms with Gasteiger partial charge < -0.3 is 9.42 Å². The molecule has 4 aromatic rings. The van der Waals surface area contributed by atoms with Gasteiger partial charge >= 0.3 is 0 Å². The zero-order valence-corrected chi connectivity index (χ0v) is 22.0. The van der Waals surface area contributed by atoms with Crippen molar-refractivity contribution in [2.75, 3.05) is 18.8 Å². The molecule has 5 heterocycles. The van der Waals surface area contributed by atoms with Gasteiger partial charge in [0.15, 0.2) is 10.9 Å². The number of rotatable bonds is 4. The highest BCUT2D eigenvalue weighted by atomic mass is 35.5. The number of hydrogen-bond donors (Lipinski definition) is 0.